The molecule has 0 saturated heterocycles. The first-order valence-corrected chi connectivity index (χ1v) is 14.3. The molecule has 9 heteroatoms. The molecule has 33 heavy (non-hydrogen) atoms. The standard InChI is InChI=1S/C24H32ClN3O3S2/c1-5-19(16-17(3)27-33(4,29)30)28(6-2)15-14-18-10-12-20(13-11-18)31-24-26-23-21(25)8-7-9-22(23)32-24/h7-13,17,19,27H,5-6,14-16H2,1-4H3/t17-,19+/m0/s1. The zero-order valence-corrected chi connectivity index (χ0v) is 21.9. The van der Waals surface area contributed by atoms with Gasteiger partial charge in [-0.3, -0.25) is 0 Å². The first-order valence-electron chi connectivity index (χ1n) is 11.2. The minimum atomic E-state index is -3.19. The predicted octanol–water partition coefficient (Wildman–Crippen LogP) is 5.71. The molecule has 0 aliphatic rings. The predicted molar refractivity (Wildman–Crippen MR) is 138 cm³/mol. The molecule has 2 aromatic carbocycles. The number of halogens is 1. The van der Waals surface area contributed by atoms with Crippen LogP contribution in [0, 0.1) is 0 Å². The van der Waals surface area contributed by atoms with Crippen LogP contribution in [-0.4, -0.2) is 49.7 Å². The van der Waals surface area contributed by atoms with Gasteiger partial charge in [-0.15, -0.1) is 0 Å². The van der Waals surface area contributed by atoms with E-state index in [1.165, 1.54) is 23.2 Å². The maximum atomic E-state index is 11.5. The van der Waals surface area contributed by atoms with Gasteiger partial charge in [0.25, 0.3) is 5.19 Å². The molecule has 0 aliphatic heterocycles. The third kappa shape index (κ3) is 7.65. The fourth-order valence-electron chi connectivity index (χ4n) is 4.03. The van der Waals surface area contributed by atoms with Crippen molar-refractivity contribution >= 4 is 43.2 Å². The molecule has 0 saturated carbocycles. The second kappa shape index (κ2) is 11.6. The molecule has 0 unspecified atom stereocenters. The Morgan fingerprint density at radius 2 is 1.91 bits per heavy atom. The minimum Gasteiger partial charge on any atom is -0.431 e. The van der Waals surface area contributed by atoms with Gasteiger partial charge in [0.05, 0.1) is 16.0 Å². The zero-order chi connectivity index (χ0) is 24.0. The van der Waals surface area contributed by atoms with Crippen molar-refractivity contribution in [3.63, 3.8) is 0 Å². The highest BCUT2D eigenvalue weighted by atomic mass is 35.5. The molecule has 6 nitrogen and oxygen atoms in total. The van der Waals surface area contributed by atoms with Gasteiger partial charge >= 0.3 is 0 Å². The van der Waals surface area contributed by atoms with Crippen molar-refractivity contribution < 1.29 is 13.2 Å². The Labute approximate surface area is 206 Å². The van der Waals surface area contributed by atoms with Crippen molar-refractivity contribution in [1.29, 1.82) is 0 Å². The Morgan fingerprint density at radius 3 is 2.52 bits per heavy atom. The van der Waals surface area contributed by atoms with Crippen molar-refractivity contribution in [2.45, 2.75) is 52.1 Å². The third-order valence-electron chi connectivity index (χ3n) is 5.60. The van der Waals surface area contributed by atoms with Crippen LogP contribution in [0.3, 0.4) is 0 Å². The van der Waals surface area contributed by atoms with Crippen LogP contribution < -0.4 is 9.46 Å². The number of benzene rings is 2. The summed E-state index contributed by atoms with van der Waals surface area (Å²) in [5.74, 6) is 0.744. The molecule has 0 bridgehead atoms. The lowest BCUT2D eigenvalue weighted by Crippen LogP contribution is -2.42. The highest BCUT2D eigenvalue weighted by Crippen LogP contribution is 2.34. The monoisotopic (exact) mass is 509 g/mol. The second-order valence-electron chi connectivity index (χ2n) is 8.28. The van der Waals surface area contributed by atoms with E-state index < -0.39 is 10.0 Å². The van der Waals surface area contributed by atoms with E-state index in [0.717, 1.165) is 48.3 Å². The second-order valence-corrected chi connectivity index (χ2v) is 11.5. The summed E-state index contributed by atoms with van der Waals surface area (Å²) in [6.45, 7) is 8.07. The fraction of sp³-hybridized carbons (Fsp3) is 0.458. The number of aromatic nitrogens is 1. The summed E-state index contributed by atoms with van der Waals surface area (Å²) in [4.78, 5) is 6.92. The number of nitrogens with zero attached hydrogens (tertiary/aromatic N) is 2. The van der Waals surface area contributed by atoms with E-state index >= 15 is 0 Å². The molecule has 0 amide bonds. The average molecular weight is 510 g/mol. The number of ether oxygens (including phenoxy) is 1. The zero-order valence-electron chi connectivity index (χ0n) is 19.5. The molecule has 180 valence electrons. The molecular formula is C24H32ClN3O3S2. The Morgan fingerprint density at radius 1 is 1.18 bits per heavy atom. The Kier molecular flexibility index (Phi) is 9.12. The van der Waals surface area contributed by atoms with Crippen LogP contribution in [-0.2, 0) is 16.4 Å². The SMILES string of the molecule is CC[C@H](C[C@H](C)NS(C)(=O)=O)N(CC)CCc1ccc(Oc2nc3c(Cl)cccc3s2)cc1. The Hall–Kier alpha value is -1.71. The molecule has 1 aromatic heterocycles. The van der Waals surface area contributed by atoms with E-state index in [1.54, 1.807) is 0 Å². The lowest BCUT2D eigenvalue weighted by Gasteiger charge is -2.32. The summed E-state index contributed by atoms with van der Waals surface area (Å²) in [6, 6.07) is 14.1. The normalized spacial score (nSPS) is 14.0. The molecule has 0 fully saturated rings. The summed E-state index contributed by atoms with van der Waals surface area (Å²) >= 11 is 7.68. The van der Waals surface area contributed by atoms with Crippen molar-refractivity contribution in [2.75, 3.05) is 19.3 Å². The lowest BCUT2D eigenvalue weighted by molar-refractivity contribution is 0.184. The van der Waals surface area contributed by atoms with Crippen LogP contribution >= 0.6 is 22.9 Å². The molecule has 2 atom stereocenters. The van der Waals surface area contributed by atoms with Gasteiger partial charge in [-0.2, -0.15) is 0 Å². The summed E-state index contributed by atoms with van der Waals surface area (Å²) < 4.78 is 32.7. The number of hydrogen-bond acceptors (Lipinski definition) is 6. The van der Waals surface area contributed by atoms with Crippen molar-refractivity contribution in [3.8, 4) is 10.9 Å². The maximum absolute atomic E-state index is 11.5. The molecule has 3 rings (SSSR count). The van der Waals surface area contributed by atoms with Crippen molar-refractivity contribution in [3.05, 3.63) is 53.1 Å². The molecule has 1 N–H and O–H groups in total. The fourth-order valence-corrected chi connectivity index (χ4v) is 5.99. The highest BCUT2D eigenvalue weighted by Gasteiger charge is 2.20. The lowest BCUT2D eigenvalue weighted by atomic mass is 10.0. The van der Waals surface area contributed by atoms with E-state index in [2.05, 4.69) is 40.6 Å². The minimum absolute atomic E-state index is 0.0900. The van der Waals surface area contributed by atoms with Gasteiger partial charge in [-0.05, 0) is 62.6 Å². The smallest absolute Gasteiger partial charge is 0.279 e. The van der Waals surface area contributed by atoms with E-state index in [9.17, 15) is 8.42 Å². The van der Waals surface area contributed by atoms with Gasteiger partial charge in [0, 0.05) is 18.6 Å². The van der Waals surface area contributed by atoms with E-state index in [4.69, 9.17) is 16.3 Å². The van der Waals surface area contributed by atoms with Crippen molar-refractivity contribution in [1.82, 2.24) is 14.6 Å². The van der Waals surface area contributed by atoms with E-state index in [0.29, 0.717) is 16.3 Å². The van der Waals surface area contributed by atoms with Gasteiger partial charge in [-0.25, -0.2) is 18.1 Å². The number of thiazole rings is 1. The van der Waals surface area contributed by atoms with Crippen LogP contribution in [0.25, 0.3) is 10.2 Å². The first kappa shape index (κ1) is 25.9. The first-order chi connectivity index (χ1) is 15.7. The van der Waals surface area contributed by atoms with Gasteiger partial charge in [0.15, 0.2) is 0 Å². The number of para-hydroxylation sites is 1. The van der Waals surface area contributed by atoms with Gasteiger partial charge in [0.1, 0.15) is 11.3 Å². The average Bonchev–Trinajstić information content (AvgIpc) is 3.17. The molecule has 0 radical (unpaired) electrons. The number of sulfonamides is 1. The van der Waals surface area contributed by atoms with E-state index in [-0.39, 0.29) is 6.04 Å². The molecule has 1 heterocycles. The number of fused-ring (bicyclic) bond motifs is 1. The number of likely N-dealkylation sites (N-methyl/N-ethyl adjacent to an activating group) is 1. The molecule has 3 aromatic rings. The Bertz CT molecular complexity index is 1150. The van der Waals surface area contributed by atoms with Crippen LogP contribution in [0.15, 0.2) is 42.5 Å². The maximum Gasteiger partial charge on any atom is 0.279 e. The molecule has 0 spiro atoms. The number of hydrogen-bond donors (Lipinski definition) is 1. The quantitative estimate of drug-likeness (QED) is 0.338. The van der Waals surface area contributed by atoms with Gasteiger partial charge in [-0.1, -0.05) is 55.0 Å². The summed E-state index contributed by atoms with van der Waals surface area (Å²) in [5, 5.41) is 1.20. The van der Waals surface area contributed by atoms with Crippen LogP contribution in [0.4, 0.5) is 0 Å². The van der Waals surface area contributed by atoms with Crippen molar-refractivity contribution in [2.24, 2.45) is 0 Å². The van der Waals surface area contributed by atoms with Gasteiger partial charge < -0.3 is 9.64 Å². The largest absolute Gasteiger partial charge is 0.431 e. The van der Waals surface area contributed by atoms with Crippen LogP contribution in [0.2, 0.25) is 5.02 Å². The van der Waals surface area contributed by atoms with Gasteiger partial charge in [0.2, 0.25) is 10.0 Å². The summed E-state index contributed by atoms with van der Waals surface area (Å²) in [5.41, 5.74) is 1.99. The number of rotatable bonds is 12. The summed E-state index contributed by atoms with van der Waals surface area (Å²) in [7, 11) is -3.19. The van der Waals surface area contributed by atoms with Crippen LogP contribution in [0.1, 0.15) is 39.2 Å². The molecule has 0 aliphatic carbocycles. The third-order valence-corrected chi connectivity index (χ3v) is 7.64. The highest BCUT2D eigenvalue weighted by molar-refractivity contribution is 7.88. The topological polar surface area (TPSA) is 71.5 Å². The molecular weight excluding hydrogens is 478 g/mol. The van der Waals surface area contributed by atoms with Crippen LogP contribution in [0.5, 0.6) is 10.9 Å². The Balaban J connectivity index is 1.57. The number of nitrogens with one attached hydrogen (secondary N) is 1. The summed E-state index contributed by atoms with van der Waals surface area (Å²) in [6.07, 6.45) is 3.88. The van der Waals surface area contributed by atoms with E-state index in [1.807, 2.05) is 37.3 Å².